The van der Waals surface area contributed by atoms with Crippen LogP contribution < -0.4 is 27.6 Å². The summed E-state index contributed by atoms with van der Waals surface area (Å²) in [6, 6.07) is 1.22. The minimum Gasteiger partial charge on any atom is -0.506 e. The van der Waals surface area contributed by atoms with E-state index in [4.69, 9.17) is 19.9 Å². The van der Waals surface area contributed by atoms with Gasteiger partial charge in [0, 0.05) is 63.1 Å². The van der Waals surface area contributed by atoms with E-state index in [-0.39, 0.29) is 65.2 Å². The van der Waals surface area contributed by atoms with Crippen molar-refractivity contribution in [1.29, 1.82) is 0 Å². The van der Waals surface area contributed by atoms with Crippen LogP contribution in [0.5, 0.6) is 11.5 Å². The molecule has 17 nitrogen and oxygen atoms in total. The van der Waals surface area contributed by atoms with Gasteiger partial charge in [-0.3, -0.25) is 28.9 Å². The third-order valence-electron chi connectivity index (χ3n) is 9.90. The van der Waals surface area contributed by atoms with Crippen LogP contribution in [0.4, 0.5) is 20.6 Å². The summed E-state index contributed by atoms with van der Waals surface area (Å²) in [6.45, 7) is 7.22. The quantitative estimate of drug-likeness (QED) is 0.0499. The van der Waals surface area contributed by atoms with Gasteiger partial charge in [-0.05, 0) is 57.4 Å². The number of aliphatic hydroxyl groups excluding tert-OH is 1. The Morgan fingerprint density at radius 2 is 1.85 bits per heavy atom. The number of allylic oxidation sites excluding steroid dienone is 2. The maximum Gasteiger partial charge on any atom is 0.405 e. The Balaban J connectivity index is 1.78. The maximum absolute atomic E-state index is 13.5. The number of nitrogens with zero attached hydrogens (tertiary/aromatic N) is 2. The van der Waals surface area contributed by atoms with Gasteiger partial charge in [0.05, 0.1) is 24.1 Å². The van der Waals surface area contributed by atoms with Gasteiger partial charge in [0.15, 0.2) is 6.10 Å². The number of carbonyl (C=O) groups excluding carboxylic acids is 3. The van der Waals surface area contributed by atoms with Crippen LogP contribution in [0, 0.1) is 17.7 Å². The number of phenolic OH excluding ortho intramolecular Hbond substituents is 2. The number of aliphatic imine (C=N–C) groups is 1. The van der Waals surface area contributed by atoms with E-state index >= 15 is 0 Å². The molecule has 3 rings (SSSR count). The number of hydrogen-bond acceptors (Lipinski definition) is 12. The summed E-state index contributed by atoms with van der Waals surface area (Å²) in [5, 5.41) is 39.5. The third-order valence-corrected chi connectivity index (χ3v) is 9.90. The van der Waals surface area contributed by atoms with Crippen LogP contribution in [0.25, 0.3) is 0 Å². The van der Waals surface area contributed by atoms with Crippen molar-refractivity contribution < 1.29 is 48.3 Å². The van der Waals surface area contributed by atoms with Gasteiger partial charge in [0.1, 0.15) is 23.3 Å². The van der Waals surface area contributed by atoms with Gasteiger partial charge >= 0.3 is 11.8 Å². The van der Waals surface area contributed by atoms with Crippen molar-refractivity contribution in [3.63, 3.8) is 0 Å². The first-order chi connectivity index (χ1) is 28.0. The number of halogens is 1. The first-order valence-electron chi connectivity index (χ1n) is 19.4. The molecule has 59 heavy (non-hydrogen) atoms. The van der Waals surface area contributed by atoms with Crippen molar-refractivity contribution in [1.82, 2.24) is 14.9 Å². The molecule has 6 unspecified atom stereocenters. The Bertz CT molecular complexity index is 2020. The summed E-state index contributed by atoms with van der Waals surface area (Å²) in [5.41, 5.74) is 4.62. The number of aliphatic hydroxyl groups is 1. The molecule has 0 saturated heterocycles. The Morgan fingerprint density at radius 3 is 2.53 bits per heavy atom. The lowest BCUT2D eigenvalue weighted by Gasteiger charge is -2.29. The van der Waals surface area contributed by atoms with E-state index in [0.717, 1.165) is 10.8 Å². The van der Waals surface area contributed by atoms with E-state index in [0.29, 0.717) is 44.2 Å². The van der Waals surface area contributed by atoms with Gasteiger partial charge in [-0.25, -0.2) is 9.59 Å². The second-order valence-electron chi connectivity index (χ2n) is 14.6. The Kier molecular flexibility index (Phi) is 18.7. The predicted octanol–water partition coefficient (Wildman–Crippen LogP) is 4.02. The molecular weight excluding hydrogens is 771 g/mol. The number of benzene rings is 1. The number of aromatic amines is 1. The minimum absolute atomic E-state index is 0.0373. The van der Waals surface area contributed by atoms with E-state index in [1.807, 2.05) is 11.9 Å². The van der Waals surface area contributed by atoms with Gasteiger partial charge in [-0.1, -0.05) is 44.6 Å². The Morgan fingerprint density at radius 1 is 1.12 bits per heavy atom. The number of phenols is 2. The summed E-state index contributed by atoms with van der Waals surface area (Å²) in [4.78, 5) is 66.6. The molecule has 1 aromatic heterocycles. The highest BCUT2D eigenvalue weighted by molar-refractivity contribution is 6.04. The Labute approximate surface area is 341 Å². The number of ether oxygens (including phenoxy) is 3. The maximum atomic E-state index is 13.5. The number of carbonyl (C=O) groups is 3. The topological polar surface area (TPSA) is 257 Å². The molecule has 3 amide bonds. The molecule has 0 saturated carbocycles. The number of anilines is 1. The number of fused-ring (bicyclic) bond motifs is 2. The van der Waals surface area contributed by atoms with Crippen molar-refractivity contribution in [2.75, 3.05) is 26.1 Å². The van der Waals surface area contributed by atoms with E-state index in [1.54, 1.807) is 45.2 Å². The molecule has 0 aliphatic carbocycles. The molecule has 1 aliphatic rings. The van der Waals surface area contributed by atoms with Gasteiger partial charge < -0.3 is 45.9 Å². The average Bonchev–Trinajstić information content (AvgIpc) is 3.18. The fourth-order valence-electron chi connectivity index (χ4n) is 6.62. The van der Waals surface area contributed by atoms with Gasteiger partial charge in [-0.2, -0.15) is 4.39 Å². The second kappa shape index (κ2) is 23.1. The summed E-state index contributed by atoms with van der Waals surface area (Å²) in [5.74, 6) is -3.32. The van der Waals surface area contributed by atoms with Crippen molar-refractivity contribution in [2.45, 2.75) is 104 Å². The van der Waals surface area contributed by atoms with Crippen molar-refractivity contribution >= 4 is 35.5 Å². The highest BCUT2D eigenvalue weighted by atomic mass is 19.1. The van der Waals surface area contributed by atoms with Crippen LogP contribution in [-0.2, 0) is 36.8 Å². The molecule has 18 heteroatoms. The summed E-state index contributed by atoms with van der Waals surface area (Å²) >= 11 is 0. The zero-order valence-electron chi connectivity index (χ0n) is 34.3. The SMILES string of the molecule is COC1C=C/C=C(\C)C(=O)Nc2cc(O)c(N=CCCCCCNC(=O)CCn3cc(F)c(=O)[nH]c3=O)c(c2O)CC(C)CC(OC)C(O)C(C)C=C(C)C1OC(N)=O. The molecule has 2 heterocycles. The number of nitrogens with one attached hydrogen (secondary N) is 3. The monoisotopic (exact) mass is 828 g/mol. The first kappa shape index (κ1) is 47.8. The number of aryl methyl sites for hydroxylation is 1. The number of rotatable bonds is 13. The smallest absolute Gasteiger partial charge is 0.405 e. The summed E-state index contributed by atoms with van der Waals surface area (Å²) in [7, 11) is 2.90. The molecule has 1 aromatic carbocycles. The number of nitrogens with two attached hydrogens (primary N) is 1. The van der Waals surface area contributed by atoms with Crippen molar-refractivity contribution in [2.24, 2.45) is 22.6 Å². The van der Waals surface area contributed by atoms with Crippen molar-refractivity contribution in [3.05, 3.63) is 79.9 Å². The predicted molar refractivity (Wildman–Crippen MR) is 219 cm³/mol. The standard InChI is InChI=1S/C41H57FN6O11/c1-23-18-27-34(45-16-10-8-7-9-15-44-33(50)14-17-48-22-28(42)39(54)47-41(48)56)30(49)21-29(36(27)52)46-38(53)24(2)12-11-13-31(57-5)37(59-40(43)55)26(4)20-25(3)35(51)32(19-23)58-6/h11-13,16,20-23,25,31-32,35,37,49,51-52H,7-10,14-15,17-19H2,1-6H3,(H2,43,55)(H,44,50)(H,46,53)(H,47,54,56)/b13-11?,24-12+,26-20?,45-16?. The van der Waals surface area contributed by atoms with E-state index < -0.39 is 59.4 Å². The second-order valence-corrected chi connectivity index (χ2v) is 14.6. The number of amides is 3. The highest BCUT2D eigenvalue weighted by Gasteiger charge is 2.30. The molecule has 0 spiro atoms. The molecule has 6 atom stereocenters. The number of unbranched alkanes of at least 4 members (excludes halogenated alkanes) is 3. The normalized spacial score (nSPS) is 22.9. The molecule has 0 radical (unpaired) electrons. The van der Waals surface area contributed by atoms with Crippen molar-refractivity contribution in [3.8, 4) is 11.5 Å². The zero-order valence-corrected chi connectivity index (χ0v) is 34.3. The molecular formula is C41H57FN6O11. The highest BCUT2D eigenvalue weighted by Crippen LogP contribution is 2.44. The lowest BCUT2D eigenvalue weighted by molar-refractivity contribution is -0.121. The van der Waals surface area contributed by atoms with Crippen LogP contribution in [0.3, 0.4) is 0 Å². The molecule has 0 fully saturated rings. The molecule has 2 bridgehead atoms. The fraction of sp³-hybridized carbons (Fsp3) is 0.512. The largest absolute Gasteiger partial charge is 0.506 e. The molecule has 324 valence electrons. The number of hydrogen-bond donors (Lipinski definition) is 7. The van der Waals surface area contributed by atoms with Crippen LogP contribution in [0.15, 0.2) is 62.3 Å². The number of aromatic hydroxyl groups is 2. The lowest BCUT2D eigenvalue weighted by Crippen LogP contribution is -2.37. The third kappa shape index (κ3) is 14.3. The summed E-state index contributed by atoms with van der Waals surface area (Å²) < 4.78 is 31.1. The first-order valence-corrected chi connectivity index (χ1v) is 19.4. The fourth-order valence-corrected chi connectivity index (χ4v) is 6.62. The van der Waals surface area contributed by atoms with E-state index in [1.165, 1.54) is 26.4 Å². The zero-order chi connectivity index (χ0) is 43.8. The van der Waals surface area contributed by atoms with Crippen LogP contribution >= 0.6 is 0 Å². The summed E-state index contributed by atoms with van der Waals surface area (Å²) in [6.07, 6.45) is 7.24. The number of methoxy groups -OCH3 is 2. The lowest BCUT2D eigenvalue weighted by atomic mass is 9.87. The van der Waals surface area contributed by atoms with Gasteiger partial charge in [0.25, 0.3) is 11.5 Å². The van der Waals surface area contributed by atoms with Crippen LogP contribution in [-0.4, -0.2) is 94.2 Å². The van der Waals surface area contributed by atoms with Gasteiger partial charge in [-0.15, -0.1) is 0 Å². The van der Waals surface area contributed by atoms with E-state index in [2.05, 4.69) is 15.6 Å². The average molecular weight is 829 g/mol. The number of aromatic nitrogens is 2. The van der Waals surface area contributed by atoms with Crippen LogP contribution in [0.1, 0.15) is 71.8 Å². The van der Waals surface area contributed by atoms with E-state index in [9.17, 15) is 43.7 Å². The minimum atomic E-state index is -1.12. The molecule has 1 aliphatic heterocycles. The molecule has 2 aromatic rings. The molecule has 8 N–H and O–H groups in total. The van der Waals surface area contributed by atoms with Gasteiger partial charge in [0.2, 0.25) is 11.7 Å². The van der Waals surface area contributed by atoms with Crippen LogP contribution in [0.2, 0.25) is 0 Å². The Hall–Kier alpha value is -5.59. The number of H-pyrrole nitrogens is 1. The number of primary amides is 1.